The molecular formula is C12H22N2O2. The fourth-order valence-electron chi connectivity index (χ4n) is 2.46. The van der Waals surface area contributed by atoms with E-state index in [9.17, 15) is 4.79 Å². The molecule has 3 unspecified atom stereocenters. The van der Waals surface area contributed by atoms with E-state index in [1.165, 1.54) is 12.8 Å². The van der Waals surface area contributed by atoms with Crippen molar-refractivity contribution in [2.45, 2.75) is 44.8 Å². The normalized spacial score (nSPS) is 35.7. The lowest BCUT2D eigenvalue weighted by Gasteiger charge is -2.20. The molecule has 4 heteroatoms. The fraction of sp³-hybridized carbons (Fsp3) is 0.917. The van der Waals surface area contributed by atoms with Crippen LogP contribution in [0.5, 0.6) is 0 Å². The Morgan fingerprint density at radius 3 is 3.00 bits per heavy atom. The summed E-state index contributed by atoms with van der Waals surface area (Å²) >= 11 is 0. The Morgan fingerprint density at radius 1 is 1.38 bits per heavy atom. The standard InChI is InChI=1S/C12H22N2O2/c1-9-5-7-16-11(9)12(15)14-10-4-2-3-6-13-8-10/h9-11,13H,2-8H2,1H3,(H,14,15). The lowest BCUT2D eigenvalue weighted by molar-refractivity contribution is -0.132. The zero-order chi connectivity index (χ0) is 11.4. The molecule has 0 radical (unpaired) electrons. The van der Waals surface area contributed by atoms with Gasteiger partial charge in [-0.2, -0.15) is 0 Å². The Labute approximate surface area is 97.1 Å². The molecule has 0 aliphatic carbocycles. The summed E-state index contributed by atoms with van der Waals surface area (Å²) in [5.41, 5.74) is 0. The summed E-state index contributed by atoms with van der Waals surface area (Å²) in [5.74, 6) is 0.442. The van der Waals surface area contributed by atoms with Gasteiger partial charge in [-0.15, -0.1) is 0 Å². The minimum atomic E-state index is -0.219. The van der Waals surface area contributed by atoms with E-state index in [1.807, 2.05) is 0 Å². The number of hydrogen-bond donors (Lipinski definition) is 2. The third-order valence-electron chi connectivity index (χ3n) is 3.54. The van der Waals surface area contributed by atoms with Crippen LogP contribution in [0, 0.1) is 5.92 Å². The molecule has 0 saturated carbocycles. The van der Waals surface area contributed by atoms with Gasteiger partial charge >= 0.3 is 0 Å². The molecule has 0 aromatic carbocycles. The second kappa shape index (κ2) is 5.64. The highest BCUT2D eigenvalue weighted by Gasteiger charge is 2.31. The van der Waals surface area contributed by atoms with E-state index in [0.29, 0.717) is 5.92 Å². The summed E-state index contributed by atoms with van der Waals surface area (Å²) in [6, 6.07) is 0.284. The molecule has 4 nitrogen and oxygen atoms in total. The highest BCUT2D eigenvalue weighted by atomic mass is 16.5. The van der Waals surface area contributed by atoms with Crippen molar-refractivity contribution in [3.63, 3.8) is 0 Å². The molecule has 16 heavy (non-hydrogen) atoms. The third-order valence-corrected chi connectivity index (χ3v) is 3.54. The van der Waals surface area contributed by atoms with E-state index >= 15 is 0 Å². The van der Waals surface area contributed by atoms with E-state index in [1.54, 1.807) is 0 Å². The summed E-state index contributed by atoms with van der Waals surface area (Å²) in [4.78, 5) is 12.0. The molecule has 1 amide bonds. The van der Waals surface area contributed by atoms with Gasteiger partial charge in [0.15, 0.2) is 0 Å². The van der Waals surface area contributed by atoms with Gasteiger partial charge in [-0.1, -0.05) is 13.3 Å². The Hall–Kier alpha value is -0.610. The Bertz CT molecular complexity index is 237. The number of nitrogens with one attached hydrogen (secondary N) is 2. The van der Waals surface area contributed by atoms with E-state index in [0.717, 1.165) is 32.5 Å². The highest BCUT2D eigenvalue weighted by molar-refractivity contribution is 5.81. The summed E-state index contributed by atoms with van der Waals surface area (Å²) in [5, 5.41) is 6.45. The summed E-state index contributed by atoms with van der Waals surface area (Å²) in [7, 11) is 0. The van der Waals surface area contributed by atoms with Crippen molar-refractivity contribution in [3.05, 3.63) is 0 Å². The maximum atomic E-state index is 12.0. The van der Waals surface area contributed by atoms with Gasteiger partial charge in [0, 0.05) is 19.2 Å². The topological polar surface area (TPSA) is 50.4 Å². The smallest absolute Gasteiger partial charge is 0.249 e. The van der Waals surface area contributed by atoms with Crippen LogP contribution in [0.3, 0.4) is 0 Å². The lowest BCUT2D eigenvalue weighted by atomic mass is 10.0. The van der Waals surface area contributed by atoms with E-state index in [-0.39, 0.29) is 18.1 Å². The molecule has 92 valence electrons. The minimum Gasteiger partial charge on any atom is -0.368 e. The molecule has 2 heterocycles. The summed E-state index contributed by atoms with van der Waals surface area (Å²) in [6.45, 7) is 4.78. The zero-order valence-corrected chi connectivity index (χ0v) is 10.00. The van der Waals surface area contributed by atoms with Crippen LogP contribution in [-0.2, 0) is 9.53 Å². The molecule has 0 bridgehead atoms. The molecule has 2 aliphatic rings. The van der Waals surface area contributed by atoms with Crippen molar-refractivity contribution >= 4 is 5.91 Å². The van der Waals surface area contributed by atoms with E-state index in [2.05, 4.69) is 17.6 Å². The predicted octanol–water partition coefficient (Wildman–Crippen LogP) is 0.670. The van der Waals surface area contributed by atoms with Crippen LogP contribution in [0.15, 0.2) is 0 Å². The molecule has 0 spiro atoms. The molecule has 3 atom stereocenters. The Kier molecular flexibility index (Phi) is 4.18. The molecule has 2 fully saturated rings. The second-order valence-electron chi connectivity index (χ2n) is 4.96. The summed E-state index contributed by atoms with van der Waals surface area (Å²) < 4.78 is 5.47. The van der Waals surface area contributed by atoms with Gasteiger partial charge in [0.2, 0.25) is 5.91 Å². The van der Waals surface area contributed by atoms with Gasteiger partial charge < -0.3 is 15.4 Å². The molecule has 2 saturated heterocycles. The van der Waals surface area contributed by atoms with Gasteiger partial charge in [0.05, 0.1) is 0 Å². The molecule has 2 N–H and O–H groups in total. The van der Waals surface area contributed by atoms with Crippen molar-refractivity contribution in [1.29, 1.82) is 0 Å². The molecule has 2 rings (SSSR count). The van der Waals surface area contributed by atoms with Gasteiger partial charge in [0.25, 0.3) is 0 Å². The van der Waals surface area contributed by atoms with Crippen LogP contribution in [0.25, 0.3) is 0 Å². The van der Waals surface area contributed by atoms with Crippen molar-refractivity contribution in [3.8, 4) is 0 Å². The first-order valence-electron chi connectivity index (χ1n) is 6.40. The number of hydrogen-bond acceptors (Lipinski definition) is 3. The van der Waals surface area contributed by atoms with Crippen LogP contribution in [-0.4, -0.2) is 37.7 Å². The maximum Gasteiger partial charge on any atom is 0.249 e. The van der Waals surface area contributed by atoms with E-state index in [4.69, 9.17) is 4.74 Å². The first-order chi connectivity index (χ1) is 7.77. The van der Waals surface area contributed by atoms with Crippen molar-refractivity contribution in [1.82, 2.24) is 10.6 Å². The monoisotopic (exact) mass is 226 g/mol. The number of rotatable bonds is 2. The Balaban J connectivity index is 1.81. The third kappa shape index (κ3) is 2.95. The number of ether oxygens (including phenoxy) is 1. The quantitative estimate of drug-likeness (QED) is 0.727. The first kappa shape index (κ1) is 11.9. The number of carbonyl (C=O) groups excluding carboxylic acids is 1. The second-order valence-corrected chi connectivity index (χ2v) is 4.96. The van der Waals surface area contributed by atoms with Crippen LogP contribution >= 0.6 is 0 Å². The van der Waals surface area contributed by atoms with Crippen molar-refractivity contribution in [2.24, 2.45) is 5.92 Å². The number of carbonyl (C=O) groups is 1. The predicted molar refractivity (Wildman–Crippen MR) is 62.2 cm³/mol. The van der Waals surface area contributed by atoms with E-state index < -0.39 is 0 Å². The van der Waals surface area contributed by atoms with Crippen LogP contribution in [0.2, 0.25) is 0 Å². The molecule has 0 aromatic rings. The molecular weight excluding hydrogens is 204 g/mol. The molecule has 0 aromatic heterocycles. The van der Waals surface area contributed by atoms with Crippen LogP contribution in [0.4, 0.5) is 0 Å². The van der Waals surface area contributed by atoms with Gasteiger partial charge in [-0.25, -0.2) is 0 Å². The maximum absolute atomic E-state index is 12.0. The average Bonchev–Trinajstić information content (AvgIpc) is 2.53. The lowest BCUT2D eigenvalue weighted by Crippen LogP contribution is -2.46. The minimum absolute atomic E-state index is 0.0821. The SMILES string of the molecule is CC1CCOC1C(=O)NC1CCCCNC1. The van der Waals surface area contributed by atoms with Gasteiger partial charge in [-0.05, 0) is 31.7 Å². The van der Waals surface area contributed by atoms with Crippen LogP contribution in [0.1, 0.15) is 32.6 Å². The molecule has 2 aliphatic heterocycles. The Morgan fingerprint density at radius 2 is 2.25 bits per heavy atom. The number of amides is 1. The van der Waals surface area contributed by atoms with Gasteiger partial charge in [0.1, 0.15) is 6.10 Å². The van der Waals surface area contributed by atoms with Crippen molar-refractivity contribution < 1.29 is 9.53 Å². The summed E-state index contributed by atoms with van der Waals surface area (Å²) in [6.07, 6.45) is 4.27. The average molecular weight is 226 g/mol. The van der Waals surface area contributed by atoms with Gasteiger partial charge in [-0.3, -0.25) is 4.79 Å². The fourth-order valence-corrected chi connectivity index (χ4v) is 2.46. The largest absolute Gasteiger partial charge is 0.368 e. The van der Waals surface area contributed by atoms with Crippen molar-refractivity contribution in [2.75, 3.05) is 19.7 Å². The zero-order valence-electron chi connectivity index (χ0n) is 10.00. The first-order valence-corrected chi connectivity index (χ1v) is 6.40. The van der Waals surface area contributed by atoms with Crippen LogP contribution < -0.4 is 10.6 Å². The highest BCUT2D eigenvalue weighted by Crippen LogP contribution is 2.20.